The number of hydrogen-bond donors (Lipinski definition) is 1. The first-order chi connectivity index (χ1) is 10.1. The average Bonchev–Trinajstić information content (AvgIpc) is 2.53. The molecule has 1 amide bonds. The lowest BCUT2D eigenvalue weighted by Gasteiger charge is -2.39. The number of methoxy groups -OCH3 is 2. The van der Waals surface area contributed by atoms with Gasteiger partial charge in [0.2, 0.25) is 0 Å². The number of amides is 1. The maximum atomic E-state index is 12.8. The van der Waals surface area contributed by atoms with E-state index in [1.54, 1.807) is 32.4 Å². The highest BCUT2D eigenvalue weighted by Gasteiger charge is 2.31. The molecule has 1 aliphatic rings. The summed E-state index contributed by atoms with van der Waals surface area (Å²) in [5, 5.41) is 0. The summed E-state index contributed by atoms with van der Waals surface area (Å²) >= 11 is 0. The number of likely N-dealkylation sites (tertiary alicyclic amines) is 1. The van der Waals surface area contributed by atoms with Crippen molar-refractivity contribution >= 4 is 5.91 Å². The third-order valence-corrected chi connectivity index (χ3v) is 4.25. The van der Waals surface area contributed by atoms with Gasteiger partial charge in [0.1, 0.15) is 0 Å². The molecule has 2 atom stereocenters. The summed E-state index contributed by atoms with van der Waals surface area (Å²) in [7, 11) is 3.15. The molecule has 0 aliphatic carbocycles. The van der Waals surface area contributed by atoms with Crippen LogP contribution in [-0.4, -0.2) is 44.2 Å². The summed E-state index contributed by atoms with van der Waals surface area (Å²) in [4.78, 5) is 14.7. The number of benzene rings is 1. The third kappa shape index (κ3) is 3.13. The van der Waals surface area contributed by atoms with Gasteiger partial charge in [-0.25, -0.2) is 0 Å². The Balaban J connectivity index is 2.26. The fourth-order valence-electron chi connectivity index (χ4n) is 3.00. The zero-order chi connectivity index (χ0) is 15.4. The van der Waals surface area contributed by atoms with Crippen molar-refractivity contribution in [2.24, 2.45) is 11.7 Å². The summed E-state index contributed by atoms with van der Waals surface area (Å²) < 4.78 is 10.5. The second-order valence-corrected chi connectivity index (χ2v) is 5.49. The van der Waals surface area contributed by atoms with Crippen molar-refractivity contribution in [2.45, 2.75) is 25.8 Å². The van der Waals surface area contributed by atoms with E-state index in [1.165, 1.54) is 0 Å². The van der Waals surface area contributed by atoms with Crippen LogP contribution in [0.2, 0.25) is 0 Å². The first-order valence-electron chi connectivity index (χ1n) is 7.35. The van der Waals surface area contributed by atoms with Gasteiger partial charge in [0, 0.05) is 24.7 Å². The average molecular weight is 292 g/mol. The largest absolute Gasteiger partial charge is 0.493 e. The number of hydrogen-bond acceptors (Lipinski definition) is 4. The fraction of sp³-hybridized carbons (Fsp3) is 0.562. The van der Waals surface area contributed by atoms with Crippen molar-refractivity contribution in [2.75, 3.05) is 27.3 Å². The summed E-state index contributed by atoms with van der Waals surface area (Å²) in [6, 6.07) is 5.38. The van der Waals surface area contributed by atoms with Crippen molar-refractivity contribution in [1.82, 2.24) is 4.90 Å². The van der Waals surface area contributed by atoms with Gasteiger partial charge in [-0.2, -0.15) is 0 Å². The Morgan fingerprint density at radius 2 is 2.05 bits per heavy atom. The second-order valence-electron chi connectivity index (χ2n) is 5.49. The van der Waals surface area contributed by atoms with Gasteiger partial charge < -0.3 is 20.1 Å². The van der Waals surface area contributed by atoms with E-state index in [9.17, 15) is 4.79 Å². The van der Waals surface area contributed by atoms with E-state index in [-0.39, 0.29) is 11.9 Å². The van der Waals surface area contributed by atoms with E-state index >= 15 is 0 Å². The lowest BCUT2D eigenvalue weighted by atomic mass is 9.90. The van der Waals surface area contributed by atoms with Crippen LogP contribution in [0.1, 0.15) is 30.1 Å². The zero-order valence-corrected chi connectivity index (χ0v) is 13.0. The summed E-state index contributed by atoms with van der Waals surface area (Å²) in [5.41, 5.74) is 6.47. The predicted molar refractivity (Wildman–Crippen MR) is 81.8 cm³/mol. The van der Waals surface area contributed by atoms with E-state index < -0.39 is 0 Å². The number of ether oxygens (including phenoxy) is 2. The third-order valence-electron chi connectivity index (χ3n) is 4.25. The van der Waals surface area contributed by atoms with Crippen LogP contribution < -0.4 is 15.2 Å². The first kappa shape index (κ1) is 15.6. The second kappa shape index (κ2) is 6.80. The molecule has 0 spiro atoms. The summed E-state index contributed by atoms with van der Waals surface area (Å²) in [5.74, 6) is 1.64. The van der Waals surface area contributed by atoms with Gasteiger partial charge in [-0.1, -0.05) is 6.92 Å². The Hall–Kier alpha value is -1.75. The Morgan fingerprint density at radius 1 is 1.33 bits per heavy atom. The minimum atomic E-state index is 0.0120. The maximum Gasteiger partial charge on any atom is 0.254 e. The molecule has 21 heavy (non-hydrogen) atoms. The lowest BCUT2D eigenvalue weighted by Crippen LogP contribution is -2.51. The molecular formula is C16H24N2O3. The van der Waals surface area contributed by atoms with Gasteiger partial charge in [-0.3, -0.25) is 4.79 Å². The molecule has 2 unspecified atom stereocenters. The van der Waals surface area contributed by atoms with Gasteiger partial charge in [0.25, 0.3) is 5.91 Å². The number of rotatable bonds is 4. The normalized spacial score (nSPS) is 22.0. The van der Waals surface area contributed by atoms with Crippen molar-refractivity contribution in [3.63, 3.8) is 0 Å². The highest BCUT2D eigenvalue weighted by atomic mass is 16.5. The van der Waals surface area contributed by atoms with Crippen LogP contribution in [0.4, 0.5) is 0 Å². The summed E-state index contributed by atoms with van der Waals surface area (Å²) in [6.45, 7) is 3.42. The highest BCUT2D eigenvalue weighted by Crippen LogP contribution is 2.30. The number of nitrogens with zero attached hydrogens (tertiary/aromatic N) is 1. The Morgan fingerprint density at radius 3 is 2.67 bits per heavy atom. The number of carbonyl (C=O) groups excluding carboxylic acids is 1. The molecule has 5 heteroatoms. The zero-order valence-electron chi connectivity index (χ0n) is 13.0. The van der Waals surface area contributed by atoms with Crippen LogP contribution >= 0.6 is 0 Å². The van der Waals surface area contributed by atoms with Gasteiger partial charge in [0.15, 0.2) is 11.5 Å². The molecule has 1 fully saturated rings. The SMILES string of the molecule is COc1ccc(C(=O)N2CCCC(C)C2CN)cc1OC. The number of piperidine rings is 1. The molecule has 1 aliphatic heterocycles. The van der Waals surface area contributed by atoms with Gasteiger partial charge >= 0.3 is 0 Å². The van der Waals surface area contributed by atoms with Crippen LogP contribution in [0.25, 0.3) is 0 Å². The highest BCUT2D eigenvalue weighted by molar-refractivity contribution is 5.95. The smallest absolute Gasteiger partial charge is 0.254 e. The van der Waals surface area contributed by atoms with Gasteiger partial charge in [-0.15, -0.1) is 0 Å². The van der Waals surface area contributed by atoms with Crippen LogP contribution in [0.15, 0.2) is 18.2 Å². The molecule has 2 rings (SSSR count). The standard InChI is InChI=1S/C16H24N2O3/c1-11-5-4-8-18(13(11)10-17)16(19)12-6-7-14(20-2)15(9-12)21-3/h6-7,9,11,13H,4-5,8,10,17H2,1-3H3. The van der Waals surface area contributed by atoms with Gasteiger partial charge in [-0.05, 0) is 37.0 Å². The van der Waals surface area contributed by atoms with Crippen LogP contribution in [0.3, 0.4) is 0 Å². The topological polar surface area (TPSA) is 64.8 Å². The fourth-order valence-corrected chi connectivity index (χ4v) is 3.00. The molecule has 1 heterocycles. The minimum absolute atomic E-state index is 0.0120. The predicted octanol–water partition coefficient (Wildman–Crippen LogP) is 1.90. The molecule has 116 valence electrons. The Kier molecular flexibility index (Phi) is 5.07. The molecule has 1 aromatic carbocycles. The molecule has 1 saturated heterocycles. The van der Waals surface area contributed by atoms with Crippen LogP contribution in [-0.2, 0) is 0 Å². The Labute approximate surface area is 126 Å². The molecule has 1 aromatic rings. The number of carbonyl (C=O) groups is 1. The molecular weight excluding hydrogens is 268 g/mol. The van der Waals surface area contributed by atoms with Crippen LogP contribution in [0.5, 0.6) is 11.5 Å². The quantitative estimate of drug-likeness (QED) is 0.920. The van der Waals surface area contributed by atoms with E-state index in [0.29, 0.717) is 29.5 Å². The maximum absolute atomic E-state index is 12.8. The van der Waals surface area contributed by atoms with Crippen molar-refractivity contribution in [1.29, 1.82) is 0 Å². The van der Waals surface area contributed by atoms with E-state index in [1.807, 2.05) is 4.90 Å². The number of nitrogens with two attached hydrogens (primary N) is 1. The molecule has 0 radical (unpaired) electrons. The van der Waals surface area contributed by atoms with Crippen LogP contribution in [0, 0.1) is 5.92 Å². The monoisotopic (exact) mass is 292 g/mol. The van der Waals surface area contributed by atoms with Crippen molar-refractivity contribution in [3.05, 3.63) is 23.8 Å². The van der Waals surface area contributed by atoms with Gasteiger partial charge in [0.05, 0.1) is 14.2 Å². The molecule has 5 nitrogen and oxygen atoms in total. The van der Waals surface area contributed by atoms with Crippen molar-refractivity contribution in [3.8, 4) is 11.5 Å². The minimum Gasteiger partial charge on any atom is -0.493 e. The molecule has 0 aromatic heterocycles. The first-order valence-corrected chi connectivity index (χ1v) is 7.35. The van der Waals surface area contributed by atoms with E-state index in [4.69, 9.17) is 15.2 Å². The van der Waals surface area contributed by atoms with Crippen molar-refractivity contribution < 1.29 is 14.3 Å². The van der Waals surface area contributed by atoms with E-state index in [0.717, 1.165) is 19.4 Å². The summed E-state index contributed by atoms with van der Waals surface area (Å²) in [6.07, 6.45) is 2.15. The lowest BCUT2D eigenvalue weighted by molar-refractivity contribution is 0.0532. The molecule has 0 saturated carbocycles. The molecule has 2 N–H and O–H groups in total. The molecule has 0 bridgehead atoms. The van der Waals surface area contributed by atoms with E-state index in [2.05, 4.69) is 6.92 Å². The Bertz CT molecular complexity index is 504.